The molecule has 0 saturated carbocycles. The Morgan fingerprint density at radius 3 is 2.80 bits per heavy atom. The van der Waals surface area contributed by atoms with Crippen molar-refractivity contribution < 1.29 is 9.32 Å². The molecule has 0 bridgehead atoms. The minimum absolute atomic E-state index is 0.119. The Balaban J connectivity index is 1.54. The van der Waals surface area contributed by atoms with Gasteiger partial charge < -0.3 is 14.3 Å². The third-order valence-electron chi connectivity index (χ3n) is 4.61. The van der Waals surface area contributed by atoms with E-state index < -0.39 is 0 Å². The van der Waals surface area contributed by atoms with Crippen LogP contribution >= 0.6 is 0 Å². The molecule has 6 nitrogen and oxygen atoms in total. The number of nitrogens with zero attached hydrogens (tertiary/aromatic N) is 4. The molecule has 1 amide bonds. The summed E-state index contributed by atoms with van der Waals surface area (Å²) >= 11 is 0. The van der Waals surface area contributed by atoms with Crippen molar-refractivity contribution in [2.75, 3.05) is 46.8 Å². The van der Waals surface area contributed by atoms with E-state index >= 15 is 0 Å². The van der Waals surface area contributed by atoms with Gasteiger partial charge in [0.25, 0.3) is 0 Å². The zero-order valence-electron chi connectivity index (χ0n) is 15.0. The molecule has 1 fully saturated rings. The fraction of sp³-hybridized carbons (Fsp3) is 0.474. The Morgan fingerprint density at radius 1 is 1.20 bits per heavy atom. The molecule has 0 radical (unpaired) electrons. The SMILES string of the molecule is CN1CCCN(CC(=O)N(C)Cc2cc(-c3ccccc3)on2)CC1. The standard InChI is InChI=1S/C19H26N4O2/c1-21-9-6-10-23(12-11-21)15-19(24)22(2)14-17-13-18(25-20-17)16-7-4-3-5-8-16/h3-5,7-8,13H,6,9-12,14-15H2,1-2H3. The van der Waals surface area contributed by atoms with Crippen LogP contribution in [0.4, 0.5) is 0 Å². The van der Waals surface area contributed by atoms with Crippen molar-refractivity contribution in [1.29, 1.82) is 0 Å². The number of likely N-dealkylation sites (N-methyl/N-ethyl adjacent to an activating group) is 2. The second-order valence-corrected chi connectivity index (χ2v) is 6.73. The van der Waals surface area contributed by atoms with Gasteiger partial charge in [0.15, 0.2) is 5.76 Å². The smallest absolute Gasteiger partial charge is 0.236 e. The fourth-order valence-corrected chi connectivity index (χ4v) is 3.03. The second kappa shape index (κ2) is 8.27. The molecule has 6 heteroatoms. The molecule has 1 aromatic heterocycles. The summed E-state index contributed by atoms with van der Waals surface area (Å²) in [7, 11) is 3.95. The maximum Gasteiger partial charge on any atom is 0.236 e. The number of carbonyl (C=O) groups excluding carboxylic acids is 1. The van der Waals surface area contributed by atoms with Crippen LogP contribution in [0.15, 0.2) is 40.9 Å². The first-order chi connectivity index (χ1) is 12.1. The molecule has 0 spiro atoms. The molecule has 0 unspecified atom stereocenters. The van der Waals surface area contributed by atoms with Crippen LogP contribution in [0, 0.1) is 0 Å². The highest BCUT2D eigenvalue weighted by Crippen LogP contribution is 2.20. The van der Waals surface area contributed by atoms with Gasteiger partial charge in [-0.3, -0.25) is 9.69 Å². The first-order valence-electron chi connectivity index (χ1n) is 8.77. The quantitative estimate of drug-likeness (QED) is 0.831. The summed E-state index contributed by atoms with van der Waals surface area (Å²) in [4.78, 5) is 18.8. The number of carbonyl (C=O) groups is 1. The zero-order valence-corrected chi connectivity index (χ0v) is 15.0. The number of hydrogen-bond acceptors (Lipinski definition) is 5. The highest BCUT2D eigenvalue weighted by atomic mass is 16.5. The number of hydrogen-bond donors (Lipinski definition) is 0. The summed E-state index contributed by atoms with van der Waals surface area (Å²) in [5, 5.41) is 4.10. The lowest BCUT2D eigenvalue weighted by molar-refractivity contribution is -0.131. The Labute approximate surface area is 149 Å². The van der Waals surface area contributed by atoms with E-state index in [1.165, 1.54) is 0 Å². The van der Waals surface area contributed by atoms with Crippen LogP contribution in [0.25, 0.3) is 11.3 Å². The predicted octanol–water partition coefficient (Wildman–Crippen LogP) is 1.94. The van der Waals surface area contributed by atoms with Crippen molar-refractivity contribution in [3.63, 3.8) is 0 Å². The van der Waals surface area contributed by atoms with E-state index in [0.717, 1.165) is 49.6 Å². The van der Waals surface area contributed by atoms with Gasteiger partial charge in [-0.2, -0.15) is 0 Å². The van der Waals surface area contributed by atoms with Crippen molar-refractivity contribution in [2.45, 2.75) is 13.0 Å². The first kappa shape index (κ1) is 17.6. The van der Waals surface area contributed by atoms with Crippen LogP contribution in [-0.2, 0) is 11.3 Å². The van der Waals surface area contributed by atoms with Gasteiger partial charge in [-0.25, -0.2) is 0 Å². The molecule has 3 rings (SSSR count). The molecule has 2 aromatic rings. The predicted molar refractivity (Wildman–Crippen MR) is 97.0 cm³/mol. The molecule has 0 N–H and O–H groups in total. The lowest BCUT2D eigenvalue weighted by atomic mass is 10.1. The van der Waals surface area contributed by atoms with Gasteiger partial charge in [0.05, 0.1) is 13.1 Å². The number of rotatable bonds is 5. The van der Waals surface area contributed by atoms with Gasteiger partial charge in [-0.05, 0) is 26.6 Å². The van der Waals surface area contributed by atoms with Crippen molar-refractivity contribution in [3.8, 4) is 11.3 Å². The monoisotopic (exact) mass is 342 g/mol. The van der Waals surface area contributed by atoms with Gasteiger partial charge in [-0.1, -0.05) is 35.5 Å². The maximum atomic E-state index is 12.5. The minimum atomic E-state index is 0.119. The highest BCUT2D eigenvalue weighted by Gasteiger charge is 2.18. The van der Waals surface area contributed by atoms with Crippen LogP contribution in [0.5, 0.6) is 0 Å². The third-order valence-corrected chi connectivity index (χ3v) is 4.61. The van der Waals surface area contributed by atoms with E-state index in [1.54, 1.807) is 4.90 Å². The van der Waals surface area contributed by atoms with Gasteiger partial charge in [0.2, 0.25) is 5.91 Å². The summed E-state index contributed by atoms with van der Waals surface area (Å²) in [6, 6.07) is 11.8. The number of amides is 1. The molecule has 1 aromatic carbocycles. The van der Waals surface area contributed by atoms with E-state index in [4.69, 9.17) is 4.52 Å². The average Bonchev–Trinajstić information content (AvgIpc) is 2.99. The van der Waals surface area contributed by atoms with Gasteiger partial charge in [0.1, 0.15) is 5.69 Å². The van der Waals surface area contributed by atoms with Gasteiger partial charge in [-0.15, -0.1) is 0 Å². The zero-order chi connectivity index (χ0) is 17.6. The molecule has 2 heterocycles. The van der Waals surface area contributed by atoms with Gasteiger partial charge in [0, 0.05) is 31.8 Å². The normalized spacial score (nSPS) is 16.6. The summed E-state index contributed by atoms with van der Waals surface area (Å²) in [6.07, 6.45) is 1.11. The van der Waals surface area contributed by atoms with E-state index in [1.807, 2.05) is 43.4 Å². The molecule has 1 aliphatic rings. The van der Waals surface area contributed by atoms with Crippen LogP contribution in [-0.4, -0.2) is 72.6 Å². The number of aromatic nitrogens is 1. The molecule has 134 valence electrons. The lowest BCUT2D eigenvalue weighted by Gasteiger charge is -2.23. The molecule has 1 aliphatic heterocycles. The first-order valence-corrected chi connectivity index (χ1v) is 8.77. The Kier molecular flexibility index (Phi) is 5.83. The second-order valence-electron chi connectivity index (χ2n) is 6.73. The molecular formula is C19H26N4O2. The molecule has 0 atom stereocenters. The largest absolute Gasteiger partial charge is 0.356 e. The molecule has 1 saturated heterocycles. The van der Waals surface area contributed by atoms with E-state index in [9.17, 15) is 4.79 Å². The molecule has 0 aliphatic carbocycles. The van der Waals surface area contributed by atoms with Crippen LogP contribution in [0.1, 0.15) is 12.1 Å². The summed E-state index contributed by atoms with van der Waals surface area (Å²) < 4.78 is 5.41. The van der Waals surface area contributed by atoms with Crippen LogP contribution in [0.3, 0.4) is 0 Å². The lowest BCUT2D eigenvalue weighted by Crippen LogP contribution is -2.39. The fourth-order valence-electron chi connectivity index (χ4n) is 3.03. The van der Waals surface area contributed by atoms with Crippen LogP contribution in [0.2, 0.25) is 0 Å². The van der Waals surface area contributed by atoms with Crippen LogP contribution < -0.4 is 0 Å². The third kappa shape index (κ3) is 4.90. The minimum Gasteiger partial charge on any atom is -0.356 e. The Bertz CT molecular complexity index is 686. The average molecular weight is 342 g/mol. The van der Waals surface area contributed by atoms with Crippen molar-refractivity contribution in [1.82, 2.24) is 19.9 Å². The molecular weight excluding hydrogens is 316 g/mol. The van der Waals surface area contributed by atoms with Crippen molar-refractivity contribution in [3.05, 3.63) is 42.1 Å². The van der Waals surface area contributed by atoms with E-state index in [2.05, 4.69) is 22.0 Å². The Hall–Kier alpha value is -2.18. The summed E-state index contributed by atoms with van der Waals surface area (Å²) in [5.74, 6) is 0.848. The maximum absolute atomic E-state index is 12.5. The van der Waals surface area contributed by atoms with E-state index in [0.29, 0.717) is 13.1 Å². The highest BCUT2D eigenvalue weighted by molar-refractivity contribution is 5.78. The Morgan fingerprint density at radius 2 is 2.00 bits per heavy atom. The van der Waals surface area contributed by atoms with Crippen molar-refractivity contribution in [2.24, 2.45) is 0 Å². The van der Waals surface area contributed by atoms with Crippen molar-refractivity contribution >= 4 is 5.91 Å². The van der Waals surface area contributed by atoms with E-state index in [-0.39, 0.29) is 5.91 Å². The number of benzene rings is 1. The topological polar surface area (TPSA) is 52.8 Å². The summed E-state index contributed by atoms with van der Waals surface area (Å²) in [6.45, 7) is 4.96. The molecule has 25 heavy (non-hydrogen) atoms. The van der Waals surface area contributed by atoms with Gasteiger partial charge >= 0.3 is 0 Å². The summed E-state index contributed by atoms with van der Waals surface area (Å²) in [5.41, 5.74) is 1.76.